The van der Waals surface area contributed by atoms with Crippen LogP contribution in [0.5, 0.6) is 0 Å². The lowest BCUT2D eigenvalue weighted by molar-refractivity contribution is -0.300. The maximum absolute atomic E-state index is 12.1. The molecular formula is C20H23NO4. The van der Waals surface area contributed by atoms with Crippen LogP contribution in [0.15, 0.2) is 60.7 Å². The van der Waals surface area contributed by atoms with Crippen LogP contribution in [0.3, 0.4) is 0 Å². The van der Waals surface area contributed by atoms with Crippen LogP contribution in [0, 0.1) is 0 Å². The van der Waals surface area contributed by atoms with Crippen molar-refractivity contribution in [2.45, 2.75) is 32.5 Å². The van der Waals surface area contributed by atoms with Gasteiger partial charge in [0.15, 0.2) is 0 Å². The maximum atomic E-state index is 12.1. The molecule has 2 aromatic carbocycles. The van der Waals surface area contributed by atoms with E-state index in [0.29, 0.717) is 6.61 Å². The van der Waals surface area contributed by atoms with Crippen molar-refractivity contribution in [1.82, 2.24) is 4.90 Å². The van der Waals surface area contributed by atoms with Gasteiger partial charge >= 0.3 is 11.9 Å². The van der Waals surface area contributed by atoms with Crippen LogP contribution < -0.4 is 0 Å². The highest BCUT2D eigenvalue weighted by molar-refractivity contribution is 5.74. The molecule has 1 heterocycles. The number of ether oxygens (including phenoxy) is 3. The molecule has 5 heteroatoms. The van der Waals surface area contributed by atoms with Gasteiger partial charge < -0.3 is 14.2 Å². The van der Waals surface area contributed by atoms with Crippen molar-refractivity contribution in [1.29, 1.82) is 0 Å². The molecule has 1 aliphatic heterocycles. The van der Waals surface area contributed by atoms with Gasteiger partial charge in [-0.05, 0) is 19.4 Å². The summed E-state index contributed by atoms with van der Waals surface area (Å²) in [6.45, 7) is 4.59. The first-order chi connectivity index (χ1) is 12.1. The molecule has 25 heavy (non-hydrogen) atoms. The molecule has 1 fully saturated rings. The second kappa shape index (κ2) is 7.78. The van der Waals surface area contributed by atoms with Crippen molar-refractivity contribution in [3.63, 3.8) is 0 Å². The Balaban J connectivity index is 1.89. The second-order valence-corrected chi connectivity index (χ2v) is 6.24. The predicted molar refractivity (Wildman–Crippen MR) is 93.2 cm³/mol. The van der Waals surface area contributed by atoms with Crippen LogP contribution in [-0.4, -0.2) is 30.2 Å². The van der Waals surface area contributed by atoms with E-state index in [9.17, 15) is 4.79 Å². The van der Waals surface area contributed by atoms with Crippen molar-refractivity contribution in [2.75, 3.05) is 13.3 Å². The third kappa shape index (κ3) is 4.07. The zero-order valence-corrected chi connectivity index (χ0v) is 14.6. The number of nitrogens with zero attached hydrogens (tertiary/aromatic N) is 1. The highest BCUT2D eigenvalue weighted by Crippen LogP contribution is 2.37. The van der Waals surface area contributed by atoms with Crippen molar-refractivity contribution in [2.24, 2.45) is 0 Å². The Hall–Kier alpha value is -2.21. The molecule has 1 aliphatic rings. The van der Waals surface area contributed by atoms with Gasteiger partial charge in [0.1, 0.15) is 13.3 Å². The van der Waals surface area contributed by atoms with Crippen molar-refractivity contribution in [3.8, 4) is 0 Å². The fourth-order valence-corrected chi connectivity index (χ4v) is 2.73. The SMILES string of the molecule is CC(C)OCN1CC(=O)OC1(OCc1ccccc1)c1ccccc1. The topological polar surface area (TPSA) is 48.0 Å². The highest BCUT2D eigenvalue weighted by atomic mass is 16.8. The molecule has 0 spiro atoms. The molecule has 0 aliphatic carbocycles. The first-order valence-corrected chi connectivity index (χ1v) is 8.42. The zero-order chi connectivity index (χ0) is 17.7. The molecule has 3 rings (SSSR count). The van der Waals surface area contributed by atoms with Crippen molar-refractivity contribution < 1.29 is 19.0 Å². The second-order valence-electron chi connectivity index (χ2n) is 6.24. The molecular weight excluding hydrogens is 318 g/mol. The summed E-state index contributed by atoms with van der Waals surface area (Å²) in [4.78, 5) is 13.9. The Kier molecular flexibility index (Phi) is 5.48. The molecule has 1 saturated heterocycles. The number of hydrogen-bond acceptors (Lipinski definition) is 5. The van der Waals surface area contributed by atoms with Crippen LogP contribution in [-0.2, 0) is 31.5 Å². The van der Waals surface area contributed by atoms with Gasteiger partial charge in [0.25, 0.3) is 0 Å². The minimum atomic E-state index is -1.27. The van der Waals surface area contributed by atoms with E-state index in [1.807, 2.05) is 74.5 Å². The number of cyclic esters (lactones) is 1. The van der Waals surface area contributed by atoms with Crippen LogP contribution in [0.1, 0.15) is 25.0 Å². The third-order valence-corrected chi connectivity index (χ3v) is 3.97. The molecule has 0 saturated carbocycles. The molecule has 5 nitrogen and oxygen atoms in total. The molecule has 2 aromatic rings. The van der Waals surface area contributed by atoms with E-state index in [2.05, 4.69) is 0 Å². The maximum Gasteiger partial charge on any atom is 0.324 e. The van der Waals surface area contributed by atoms with Gasteiger partial charge in [-0.15, -0.1) is 0 Å². The number of rotatable bonds is 7. The summed E-state index contributed by atoms with van der Waals surface area (Å²) in [5.41, 5.74) is 1.77. The summed E-state index contributed by atoms with van der Waals surface area (Å²) in [6, 6.07) is 19.3. The summed E-state index contributed by atoms with van der Waals surface area (Å²) >= 11 is 0. The smallest absolute Gasteiger partial charge is 0.324 e. The van der Waals surface area contributed by atoms with E-state index in [4.69, 9.17) is 14.2 Å². The zero-order valence-electron chi connectivity index (χ0n) is 14.6. The van der Waals surface area contributed by atoms with E-state index in [-0.39, 0.29) is 25.3 Å². The van der Waals surface area contributed by atoms with Crippen LogP contribution in [0.4, 0.5) is 0 Å². The van der Waals surface area contributed by atoms with Crippen molar-refractivity contribution >= 4 is 5.97 Å². The fourth-order valence-electron chi connectivity index (χ4n) is 2.73. The first-order valence-electron chi connectivity index (χ1n) is 8.42. The summed E-state index contributed by atoms with van der Waals surface area (Å²) in [5.74, 6) is -1.60. The van der Waals surface area contributed by atoms with Gasteiger partial charge in [-0.3, -0.25) is 4.79 Å². The predicted octanol–water partition coefficient (Wildman–Crippen LogP) is 3.26. The van der Waals surface area contributed by atoms with E-state index >= 15 is 0 Å². The van der Waals surface area contributed by atoms with Crippen LogP contribution in [0.2, 0.25) is 0 Å². The molecule has 0 amide bonds. The lowest BCUT2D eigenvalue weighted by Crippen LogP contribution is -2.46. The van der Waals surface area contributed by atoms with Crippen LogP contribution in [0.25, 0.3) is 0 Å². The lowest BCUT2D eigenvalue weighted by Gasteiger charge is -2.35. The Morgan fingerprint density at radius 2 is 1.72 bits per heavy atom. The van der Waals surface area contributed by atoms with Crippen molar-refractivity contribution in [3.05, 3.63) is 71.8 Å². The Bertz CT molecular complexity index is 689. The standard InChI is InChI=1S/C20H23NO4/c1-16(2)23-15-21-13-19(22)25-20(21,18-11-7-4-8-12-18)24-14-17-9-5-3-6-10-17/h3-12,16H,13-15H2,1-2H3. The highest BCUT2D eigenvalue weighted by Gasteiger charge is 2.50. The Morgan fingerprint density at radius 1 is 1.08 bits per heavy atom. The number of carbonyl (C=O) groups excluding carboxylic acids is 1. The molecule has 1 atom stereocenters. The molecule has 0 N–H and O–H groups in total. The number of benzene rings is 2. The molecule has 0 radical (unpaired) electrons. The third-order valence-electron chi connectivity index (χ3n) is 3.97. The fraction of sp³-hybridized carbons (Fsp3) is 0.350. The summed E-state index contributed by atoms with van der Waals surface area (Å²) in [5, 5.41) is 0. The van der Waals surface area contributed by atoms with E-state index in [1.165, 1.54) is 0 Å². The molecule has 0 aromatic heterocycles. The number of esters is 1. The van der Waals surface area contributed by atoms with Gasteiger partial charge in [-0.25, -0.2) is 4.90 Å². The van der Waals surface area contributed by atoms with E-state index < -0.39 is 5.91 Å². The van der Waals surface area contributed by atoms with Gasteiger partial charge in [-0.2, -0.15) is 0 Å². The minimum Gasteiger partial charge on any atom is -0.413 e. The quantitative estimate of drug-likeness (QED) is 0.724. The van der Waals surface area contributed by atoms with Gasteiger partial charge in [0.2, 0.25) is 0 Å². The summed E-state index contributed by atoms with van der Waals surface area (Å²) < 4.78 is 17.6. The number of carbonyl (C=O) groups is 1. The molecule has 0 bridgehead atoms. The molecule has 132 valence electrons. The summed E-state index contributed by atoms with van der Waals surface area (Å²) in [6.07, 6.45) is 0.0401. The Labute approximate surface area is 148 Å². The van der Waals surface area contributed by atoms with Gasteiger partial charge in [0.05, 0.1) is 12.7 Å². The first kappa shape index (κ1) is 17.6. The average molecular weight is 341 g/mol. The lowest BCUT2D eigenvalue weighted by atomic mass is 10.1. The average Bonchev–Trinajstić information content (AvgIpc) is 2.96. The van der Waals surface area contributed by atoms with Gasteiger partial charge in [0, 0.05) is 5.56 Å². The van der Waals surface area contributed by atoms with E-state index in [0.717, 1.165) is 11.1 Å². The largest absolute Gasteiger partial charge is 0.413 e. The molecule has 1 unspecified atom stereocenters. The van der Waals surface area contributed by atoms with Gasteiger partial charge in [-0.1, -0.05) is 60.7 Å². The Morgan fingerprint density at radius 3 is 2.36 bits per heavy atom. The summed E-state index contributed by atoms with van der Waals surface area (Å²) in [7, 11) is 0. The van der Waals surface area contributed by atoms with Crippen LogP contribution >= 0.6 is 0 Å². The monoisotopic (exact) mass is 341 g/mol. The minimum absolute atomic E-state index is 0.0401. The van der Waals surface area contributed by atoms with E-state index in [1.54, 1.807) is 4.90 Å². The normalized spacial score (nSPS) is 20.8. The number of hydrogen-bond donors (Lipinski definition) is 0.